The molecule has 5 nitrogen and oxygen atoms in total. The van der Waals surface area contributed by atoms with Crippen molar-refractivity contribution in [2.24, 2.45) is 0 Å². The highest BCUT2D eigenvalue weighted by Gasteiger charge is 2.08. The average molecular weight is 385 g/mol. The smallest absolute Gasteiger partial charge is 0.166 e. The summed E-state index contributed by atoms with van der Waals surface area (Å²) in [4.78, 5) is 11.7. The minimum absolute atomic E-state index is 0.102. The van der Waals surface area contributed by atoms with Crippen LogP contribution >= 0.6 is 0 Å². The first-order chi connectivity index (χ1) is 14.3. The summed E-state index contributed by atoms with van der Waals surface area (Å²) in [6, 6.07) is 25.9. The lowest BCUT2D eigenvalue weighted by atomic mass is 10.1. The third-order valence-corrected chi connectivity index (χ3v) is 4.06. The van der Waals surface area contributed by atoms with E-state index in [4.69, 9.17) is 4.74 Å². The fraction of sp³-hybridized carbons (Fsp3) is 0.125. The van der Waals surface area contributed by atoms with Gasteiger partial charge in [0.25, 0.3) is 0 Å². The Morgan fingerprint density at radius 2 is 1.38 bits per heavy atom. The molecule has 0 saturated heterocycles. The molecule has 0 aliphatic heterocycles. The highest BCUT2D eigenvalue weighted by molar-refractivity contribution is 5.64. The van der Waals surface area contributed by atoms with Gasteiger partial charge in [-0.05, 0) is 29.7 Å². The molecule has 0 radical (unpaired) electrons. The van der Waals surface area contributed by atoms with Crippen molar-refractivity contribution in [1.29, 1.82) is 0 Å². The molecule has 0 amide bonds. The summed E-state index contributed by atoms with van der Waals surface area (Å²) < 4.78 is 5.41. The van der Waals surface area contributed by atoms with Gasteiger partial charge < -0.3 is 9.84 Å². The first-order valence-corrected chi connectivity index (χ1v) is 9.46. The Bertz CT molecular complexity index is 957. The van der Waals surface area contributed by atoms with Crippen LogP contribution in [0.15, 0.2) is 91.5 Å². The van der Waals surface area contributed by atoms with Crippen molar-refractivity contribution in [3.63, 3.8) is 0 Å². The Kier molecular flexibility index (Phi) is 7.29. The Labute approximate surface area is 170 Å². The fourth-order valence-corrected chi connectivity index (χ4v) is 2.65. The van der Waals surface area contributed by atoms with Gasteiger partial charge >= 0.3 is 0 Å². The van der Waals surface area contributed by atoms with Crippen LogP contribution in [0.25, 0.3) is 22.5 Å². The quantitative estimate of drug-likeness (QED) is 0.499. The third kappa shape index (κ3) is 5.87. The van der Waals surface area contributed by atoms with E-state index in [-0.39, 0.29) is 5.75 Å². The number of aromatic nitrogens is 3. The van der Waals surface area contributed by atoms with E-state index in [9.17, 15) is 5.11 Å². The zero-order valence-electron chi connectivity index (χ0n) is 16.3. The Balaban J connectivity index is 0.000000176. The normalized spacial score (nSPS) is 9.97. The summed E-state index contributed by atoms with van der Waals surface area (Å²) in [5.74, 6) is 1.19. The van der Waals surface area contributed by atoms with Crippen molar-refractivity contribution in [1.82, 2.24) is 15.0 Å². The largest absolute Gasteiger partial charge is 0.507 e. The maximum Gasteiger partial charge on any atom is 0.166 e. The van der Waals surface area contributed by atoms with Gasteiger partial charge in [0.2, 0.25) is 0 Å². The number of nitrogens with zero attached hydrogens (tertiary/aromatic N) is 3. The number of hydrogen-bond donors (Lipinski definition) is 1. The molecule has 4 aromatic rings. The number of aromatic hydroxyl groups is 1. The summed E-state index contributed by atoms with van der Waals surface area (Å²) in [6.45, 7) is 2.66. The monoisotopic (exact) mass is 385 g/mol. The van der Waals surface area contributed by atoms with Gasteiger partial charge in [0.15, 0.2) is 5.82 Å². The lowest BCUT2D eigenvalue weighted by molar-refractivity contribution is 0.315. The Morgan fingerprint density at radius 1 is 0.793 bits per heavy atom. The highest BCUT2D eigenvalue weighted by atomic mass is 16.5. The van der Waals surface area contributed by atoms with Crippen LogP contribution in [0.1, 0.15) is 13.3 Å². The Morgan fingerprint density at radius 3 is 1.90 bits per heavy atom. The summed E-state index contributed by atoms with van der Waals surface area (Å²) in [5.41, 5.74) is 3.12. The first kappa shape index (κ1) is 20.0. The van der Waals surface area contributed by atoms with E-state index in [1.807, 2.05) is 19.1 Å². The van der Waals surface area contributed by atoms with Gasteiger partial charge in [-0.1, -0.05) is 67.6 Å². The predicted molar refractivity (Wildman–Crippen MR) is 115 cm³/mol. The summed E-state index contributed by atoms with van der Waals surface area (Å²) in [7, 11) is 0. The maximum absolute atomic E-state index is 9.86. The number of phenols is 1. The molecule has 0 fully saturated rings. The average Bonchev–Trinajstić information content (AvgIpc) is 2.80. The van der Waals surface area contributed by atoms with Crippen LogP contribution in [0, 0.1) is 0 Å². The summed E-state index contributed by atoms with van der Waals surface area (Å²) >= 11 is 0. The number of ether oxygens (including phenoxy) is 1. The van der Waals surface area contributed by atoms with E-state index in [2.05, 4.69) is 63.5 Å². The van der Waals surface area contributed by atoms with Crippen LogP contribution < -0.4 is 4.74 Å². The van der Waals surface area contributed by atoms with Gasteiger partial charge in [0.1, 0.15) is 24.2 Å². The molecule has 146 valence electrons. The zero-order chi connectivity index (χ0) is 20.3. The summed E-state index contributed by atoms with van der Waals surface area (Å²) in [6.07, 6.45) is 3.71. The SMILES string of the molecule is CCCOc1ccc(-c2ncncn2)c(O)c1.c1ccc(-c2ccccc2)cc1. The molecule has 4 rings (SSSR count). The van der Waals surface area contributed by atoms with E-state index >= 15 is 0 Å². The molecule has 0 aliphatic carbocycles. The topological polar surface area (TPSA) is 68.1 Å². The molecule has 0 bridgehead atoms. The molecular weight excluding hydrogens is 362 g/mol. The van der Waals surface area contributed by atoms with Crippen molar-refractivity contribution >= 4 is 0 Å². The van der Waals surface area contributed by atoms with Crippen LogP contribution in [0.3, 0.4) is 0 Å². The molecule has 5 heteroatoms. The van der Waals surface area contributed by atoms with Gasteiger partial charge in [-0.2, -0.15) is 0 Å². The highest BCUT2D eigenvalue weighted by Crippen LogP contribution is 2.29. The molecule has 0 aliphatic rings. The molecule has 29 heavy (non-hydrogen) atoms. The van der Waals surface area contributed by atoms with Gasteiger partial charge in [0, 0.05) is 6.07 Å². The summed E-state index contributed by atoms with van der Waals surface area (Å²) in [5, 5.41) is 9.86. The second kappa shape index (κ2) is 10.6. The first-order valence-electron chi connectivity index (χ1n) is 9.46. The zero-order valence-corrected chi connectivity index (χ0v) is 16.3. The van der Waals surface area contributed by atoms with Gasteiger partial charge in [-0.25, -0.2) is 15.0 Å². The number of phenolic OH excluding ortho intramolecular Hbond substituents is 1. The van der Waals surface area contributed by atoms with E-state index in [1.54, 1.807) is 18.2 Å². The fourth-order valence-electron chi connectivity index (χ4n) is 2.65. The lowest BCUT2D eigenvalue weighted by Crippen LogP contribution is -1.95. The Hall–Kier alpha value is -3.73. The molecule has 0 atom stereocenters. The van der Waals surface area contributed by atoms with Crippen molar-refractivity contribution in [2.45, 2.75) is 13.3 Å². The van der Waals surface area contributed by atoms with Crippen LogP contribution in [0.4, 0.5) is 0 Å². The third-order valence-electron chi connectivity index (χ3n) is 4.06. The minimum atomic E-state index is 0.102. The van der Waals surface area contributed by atoms with Gasteiger partial charge in [-0.3, -0.25) is 0 Å². The van der Waals surface area contributed by atoms with Crippen LogP contribution in [0.2, 0.25) is 0 Å². The number of hydrogen-bond acceptors (Lipinski definition) is 5. The van der Waals surface area contributed by atoms with Crippen molar-refractivity contribution < 1.29 is 9.84 Å². The molecular formula is C24H23N3O2. The van der Waals surface area contributed by atoms with E-state index in [0.717, 1.165) is 6.42 Å². The predicted octanol–water partition coefficient (Wildman–Crippen LogP) is 5.39. The van der Waals surface area contributed by atoms with Crippen molar-refractivity contribution in [3.05, 3.63) is 91.5 Å². The van der Waals surface area contributed by atoms with Crippen molar-refractivity contribution in [3.8, 4) is 34.0 Å². The van der Waals surface area contributed by atoms with Gasteiger partial charge in [-0.15, -0.1) is 0 Å². The molecule has 0 saturated carbocycles. The molecule has 3 aromatic carbocycles. The second-order valence-corrected chi connectivity index (χ2v) is 6.22. The van der Waals surface area contributed by atoms with E-state index < -0.39 is 0 Å². The van der Waals surface area contributed by atoms with Crippen LogP contribution in [-0.2, 0) is 0 Å². The number of benzene rings is 3. The van der Waals surface area contributed by atoms with Crippen LogP contribution in [-0.4, -0.2) is 26.7 Å². The van der Waals surface area contributed by atoms with Gasteiger partial charge in [0.05, 0.1) is 12.2 Å². The molecule has 1 N–H and O–H groups in total. The van der Waals surface area contributed by atoms with E-state index in [1.165, 1.54) is 23.8 Å². The minimum Gasteiger partial charge on any atom is -0.507 e. The van der Waals surface area contributed by atoms with Crippen LogP contribution in [0.5, 0.6) is 11.5 Å². The second-order valence-electron chi connectivity index (χ2n) is 6.22. The standard InChI is InChI=1S/C12H13N3O2.C12H10/c1-2-5-17-9-3-4-10(11(16)6-9)12-14-7-13-8-15-12;1-3-7-11(8-4-1)12-9-5-2-6-10-12/h3-4,6-8,16H,2,5H2,1H3;1-10H. The molecule has 0 spiro atoms. The van der Waals surface area contributed by atoms with Crippen molar-refractivity contribution in [2.75, 3.05) is 6.61 Å². The number of rotatable bonds is 5. The molecule has 1 heterocycles. The molecule has 1 aromatic heterocycles. The van der Waals surface area contributed by atoms with E-state index in [0.29, 0.717) is 23.7 Å². The molecule has 0 unspecified atom stereocenters. The maximum atomic E-state index is 9.86. The lowest BCUT2D eigenvalue weighted by Gasteiger charge is -2.07.